The van der Waals surface area contributed by atoms with Crippen molar-refractivity contribution in [2.75, 3.05) is 12.3 Å². The summed E-state index contributed by atoms with van der Waals surface area (Å²) in [4.78, 5) is 43.7. The number of aliphatic carboxylic acids is 2. The molecule has 0 unspecified atom stereocenters. The number of carbonyl (C=O) groups is 4. The first-order valence-corrected chi connectivity index (χ1v) is 6.29. The van der Waals surface area contributed by atoms with Crippen molar-refractivity contribution in [1.82, 2.24) is 10.6 Å². The van der Waals surface area contributed by atoms with Crippen molar-refractivity contribution in [3.63, 3.8) is 0 Å². The molecule has 0 rings (SSSR count). The predicted molar refractivity (Wildman–Crippen MR) is 71.3 cm³/mol. The molecule has 0 aromatic carbocycles. The molecule has 0 fully saturated rings. The maximum absolute atomic E-state index is 11.5. The molecule has 0 aliphatic heterocycles. The molecule has 1 radical (unpaired) electrons. The van der Waals surface area contributed by atoms with Gasteiger partial charge in [-0.05, 0) is 6.42 Å². The summed E-state index contributed by atoms with van der Waals surface area (Å²) in [5, 5.41) is 21.4. The van der Waals surface area contributed by atoms with Crippen molar-refractivity contribution in [1.29, 1.82) is 0 Å². The van der Waals surface area contributed by atoms with Gasteiger partial charge in [-0.1, -0.05) is 0 Å². The van der Waals surface area contributed by atoms with Gasteiger partial charge in [-0.2, -0.15) is 12.6 Å². The van der Waals surface area contributed by atoms with Crippen LogP contribution in [-0.4, -0.2) is 58.3 Å². The van der Waals surface area contributed by atoms with Gasteiger partial charge in [0, 0.05) is 34.6 Å². The molecule has 0 aromatic rings. The number of thiol groups is 1. The van der Waals surface area contributed by atoms with Crippen LogP contribution in [0.1, 0.15) is 12.8 Å². The minimum absolute atomic E-state index is 0. The topological polar surface area (TPSA) is 159 Å². The van der Waals surface area contributed by atoms with Gasteiger partial charge in [-0.25, -0.2) is 0 Å². The van der Waals surface area contributed by atoms with Crippen LogP contribution < -0.4 is 16.4 Å². The van der Waals surface area contributed by atoms with Crippen molar-refractivity contribution < 1.29 is 51.8 Å². The Morgan fingerprint density at radius 1 is 1.19 bits per heavy atom. The van der Waals surface area contributed by atoms with Crippen molar-refractivity contribution in [2.45, 2.75) is 24.9 Å². The average molecular weight is 504 g/mol. The van der Waals surface area contributed by atoms with Gasteiger partial charge >= 0.3 is 11.9 Å². The quantitative estimate of drug-likeness (QED) is 0.154. The average Bonchev–Trinajstić information content (AvgIpc) is 2.38. The summed E-state index contributed by atoms with van der Waals surface area (Å²) in [6, 6.07) is -2.15. The third-order valence-corrected chi connectivity index (χ3v) is 2.61. The molecule has 2 atom stereocenters. The predicted octanol–water partition coefficient (Wildman–Crippen LogP) is -2.21. The Labute approximate surface area is 141 Å². The first-order valence-electron chi connectivity index (χ1n) is 5.66. The summed E-state index contributed by atoms with van der Waals surface area (Å²) < 4.78 is 0. The van der Waals surface area contributed by atoms with Crippen LogP contribution in [-0.2, 0) is 41.6 Å². The normalized spacial score (nSPS) is 12.5. The minimum atomic E-state index is -1.22. The second-order valence-electron chi connectivity index (χ2n) is 3.90. The second kappa shape index (κ2) is 11.6. The van der Waals surface area contributed by atoms with E-state index in [9.17, 15) is 19.2 Å². The van der Waals surface area contributed by atoms with Gasteiger partial charge in [0.05, 0.1) is 0 Å². The van der Waals surface area contributed by atoms with Crippen LogP contribution >= 0.6 is 12.6 Å². The van der Waals surface area contributed by atoms with Crippen molar-refractivity contribution in [3.8, 4) is 0 Å². The van der Waals surface area contributed by atoms with Crippen LogP contribution in [0.5, 0.6) is 0 Å². The SMILES string of the molecule is N[C@@H](CCC(=O)N[C@@H](CS)C(=O)NCC(=O)O)C(=O)O.[Au]. The van der Waals surface area contributed by atoms with Crippen LogP contribution in [0.15, 0.2) is 0 Å². The van der Waals surface area contributed by atoms with Crippen LogP contribution in [0, 0.1) is 0 Å². The van der Waals surface area contributed by atoms with E-state index in [1.807, 2.05) is 0 Å². The number of carboxylic acids is 2. The number of carboxylic acid groups (broad SMARTS) is 2. The zero-order valence-electron chi connectivity index (χ0n) is 10.8. The third kappa shape index (κ3) is 10.3. The standard InChI is InChI=1S/C10H17N3O6S.Au/c11-5(10(18)19)1-2-7(14)13-6(4-20)9(17)12-3-8(15)16;/h5-6,20H,1-4,11H2,(H,12,17)(H,13,14)(H,15,16)(H,18,19);/t5-,6-;/m0./s1. The fourth-order valence-corrected chi connectivity index (χ4v) is 1.41. The first-order chi connectivity index (χ1) is 9.27. The van der Waals surface area contributed by atoms with Crippen LogP contribution in [0.3, 0.4) is 0 Å². The Morgan fingerprint density at radius 3 is 2.19 bits per heavy atom. The van der Waals surface area contributed by atoms with Crippen molar-refractivity contribution in [2.24, 2.45) is 5.73 Å². The molecule has 2 amide bonds. The molecular weight excluding hydrogens is 487 g/mol. The van der Waals surface area contributed by atoms with Crippen LogP contribution in [0.4, 0.5) is 0 Å². The Balaban J connectivity index is 0. The third-order valence-electron chi connectivity index (χ3n) is 2.25. The largest absolute Gasteiger partial charge is 0.480 e. The van der Waals surface area contributed by atoms with Gasteiger partial charge in [0.1, 0.15) is 18.6 Å². The molecule has 0 bridgehead atoms. The molecule has 0 aromatic heterocycles. The summed E-state index contributed by atoms with van der Waals surface area (Å²) in [5.41, 5.74) is 5.23. The van der Waals surface area contributed by atoms with Gasteiger partial charge < -0.3 is 26.6 Å². The summed E-state index contributed by atoms with van der Waals surface area (Å²) >= 11 is 3.87. The molecule has 0 spiro atoms. The van der Waals surface area contributed by atoms with E-state index in [-0.39, 0.29) is 41.0 Å². The Bertz CT molecular complexity index is 395. The molecule has 21 heavy (non-hydrogen) atoms. The molecule has 0 aliphatic rings. The number of nitrogens with two attached hydrogens (primary N) is 1. The minimum Gasteiger partial charge on any atom is -0.480 e. The van der Waals surface area contributed by atoms with E-state index in [0.29, 0.717) is 0 Å². The summed E-state index contributed by atoms with van der Waals surface area (Å²) in [6.45, 7) is -0.567. The van der Waals surface area contributed by atoms with E-state index < -0.39 is 42.4 Å². The van der Waals surface area contributed by atoms with E-state index in [0.717, 1.165) is 0 Å². The van der Waals surface area contributed by atoms with E-state index in [4.69, 9.17) is 15.9 Å². The second-order valence-corrected chi connectivity index (χ2v) is 4.26. The molecule has 6 N–H and O–H groups in total. The molecule has 9 nitrogen and oxygen atoms in total. The molecular formula is C10H17AuN3O6S. The van der Waals surface area contributed by atoms with E-state index in [1.165, 1.54) is 0 Å². The number of hydrogen-bond donors (Lipinski definition) is 6. The molecule has 11 heteroatoms. The van der Waals surface area contributed by atoms with E-state index in [2.05, 4.69) is 23.3 Å². The van der Waals surface area contributed by atoms with E-state index in [1.54, 1.807) is 0 Å². The zero-order chi connectivity index (χ0) is 15.7. The molecule has 0 saturated carbocycles. The van der Waals surface area contributed by atoms with Crippen molar-refractivity contribution >= 4 is 36.4 Å². The zero-order valence-corrected chi connectivity index (χ0v) is 13.9. The summed E-state index contributed by atoms with van der Waals surface area (Å²) in [5.74, 6) is -3.70. The number of amides is 2. The summed E-state index contributed by atoms with van der Waals surface area (Å²) in [6.07, 6.45) is -0.235. The van der Waals surface area contributed by atoms with Gasteiger partial charge in [0.15, 0.2) is 0 Å². The maximum Gasteiger partial charge on any atom is 0.322 e. The Kier molecular flexibility index (Phi) is 12.2. The number of nitrogens with one attached hydrogen (secondary N) is 2. The van der Waals surface area contributed by atoms with Gasteiger partial charge in [-0.15, -0.1) is 0 Å². The maximum atomic E-state index is 11.5. The fraction of sp³-hybridized carbons (Fsp3) is 0.600. The van der Waals surface area contributed by atoms with Gasteiger partial charge in [0.2, 0.25) is 11.8 Å². The molecule has 125 valence electrons. The molecule has 0 saturated heterocycles. The van der Waals surface area contributed by atoms with Gasteiger partial charge in [0.25, 0.3) is 0 Å². The Morgan fingerprint density at radius 2 is 1.76 bits per heavy atom. The fourth-order valence-electron chi connectivity index (χ4n) is 1.16. The van der Waals surface area contributed by atoms with E-state index >= 15 is 0 Å². The van der Waals surface area contributed by atoms with Crippen molar-refractivity contribution in [3.05, 3.63) is 0 Å². The number of hydrogen-bond acceptors (Lipinski definition) is 6. The smallest absolute Gasteiger partial charge is 0.322 e. The van der Waals surface area contributed by atoms with Crippen LogP contribution in [0.25, 0.3) is 0 Å². The Hall–Kier alpha value is -1.07. The first kappa shape index (κ1) is 22.2. The van der Waals surface area contributed by atoms with Gasteiger partial charge in [-0.3, -0.25) is 19.2 Å². The molecule has 0 aliphatic carbocycles. The molecule has 0 heterocycles. The van der Waals surface area contributed by atoms with Crippen LogP contribution in [0.2, 0.25) is 0 Å². The number of rotatable bonds is 9. The number of carbonyl (C=O) groups excluding carboxylic acids is 2. The summed E-state index contributed by atoms with van der Waals surface area (Å²) in [7, 11) is 0. The monoisotopic (exact) mass is 504 g/mol.